The molecule has 5 nitrogen and oxygen atoms in total. The molecule has 5 heteroatoms. The van der Waals surface area contributed by atoms with Crippen LogP contribution in [-0.2, 0) is 4.79 Å². The SMILES string of the molecule is CCCCC[C@H](O)/C=C/[C@@H]1[C@H]2CC(CN(C)CCC(=O)N(C)C)=C[C@H]2C[C@H]1O. The van der Waals surface area contributed by atoms with Gasteiger partial charge in [-0.15, -0.1) is 0 Å². The zero-order valence-corrected chi connectivity index (χ0v) is 18.2. The van der Waals surface area contributed by atoms with Crippen molar-refractivity contribution in [3.63, 3.8) is 0 Å². The molecule has 0 aromatic rings. The number of unbranched alkanes of at least 4 members (excludes halogenated alkanes) is 2. The average molecular weight is 393 g/mol. The number of likely N-dealkylation sites (N-methyl/N-ethyl adjacent to an activating group) is 1. The number of rotatable bonds is 11. The minimum atomic E-state index is -0.396. The molecule has 0 radical (unpaired) electrons. The van der Waals surface area contributed by atoms with E-state index in [-0.39, 0.29) is 17.9 Å². The largest absolute Gasteiger partial charge is 0.392 e. The summed E-state index contributed by atoms with van der Waals surface area (Å²) < 4.78 is 0. The minimum absolute atomic E-state index is 0.139. The van der Waals surface area contributed by atoms with E-state index in [0.717, 1.165) is 51.6 Å². The average Bonchev–Trinajstić information content (AvgIpc) is 3.14. The Balaban J connectivity index is 1.82. The van der Waals surface area contributed by atoms with Crippen LogP contribution < -0.4 is 0 Å². The van der Waals surface area contributed by atoms with E-state index in [1.807, 2.05) is 6.08 Å². The first-order valence-corrected chi connectivity index (χ1v) is 10.9. The molecule has 28 heavy (non-hydrogen) atoms. The van der Waals surface area contributed by atoms with Gasteiger partial charge in [0, 0.05) is 39.5 Å². The van der Waals surface area contributed by atoms with Crippen LogP contribution in [0.3, 0.4) is 0 Å². The summed E-state index contributed by atoms with van der Waals surface area (Å²) >= 11 is 0. The second-order valence-electron chi connectivity index (χ2n) is 8.96. The number of carbonyl (C=O) groups is 1. The Labute approximate surface area is 171 Å². The van der Waals surface area contributed by atoms with Crippen LogP contribution in [-0.4, -0.2) is 72.4 Å². The maximum Gasteiger partial charge on any atom is 0.223 e. The van der Waals surface area contributed by atoms with Crippen LogP contribution in [0.2, 0.25) is 0 Å². The van der Waals surface area contributed by atoms with Gasteiger partial charge in [-0.2, -0.15) is 0 Å². The molecule has 1 fully saturated rings. The highest BCUT2D eigenvalue weighted by Gasteiger charge is 2.43. The second-order valence-corrected chi connectivity index (χ2v) is 8.96. The molecule has 1 amide bonds. The molecule has 0 aromatic heterocycles. The summed E-state index contributed by atoms with van der Waals surface area (Å²) in [6.07, 6.45) is 12.2. The molecule has 0 spiro atoms. The highest BCUT2D eigenvalue weighted by atomic mass is 16.3. The lowest BCUT2D eigenvalue weighted by Crippen LogP contribution is -2.29. The van der Waals surface area contributed by atoms with Crippen molar-refractivity contribution in [2.24, 2.45) is 17.8 Å². The van der Waals surface area contributed by atoms with Gasteiger partial charge in [0.1, 0.15) is 0 Å². The van der Waals surface area contributed by atoms with Crippen molar-refractivity contribution in [2.45, 2.75) is 64.1 Å². The third-order valence-electron chi connectivity index (χ3n) is 6.29. The Bertz CT molecular complexity index is 558. The molecule has 160 valence electrons. The molecular formula is C23H40N2O3. The maximum absolute atomic E-state index is 11.8. The fourth-order valence-corrected chi connectivity index (χ4v) is 4.61. The predicted molar refractivity (Wildman–Crippen MR) is 114 cm³/mol. The quantitative estimate of drug-likeness (QED) is 0.419. The van der Waals surface area contributed by atoms with E-state index in [4.69, 9.17) is 0 Å². The number of allylic oxidation sites excluding steroid dienone is 1. The molecular weight excluding hydrogens is 352 g/mol. The number of amides is 1. The lowest BCUT2D eigenvalue weighted by atomic mass is 9.89. The molecule has 0 unspecified atom stereocenters. The third-order valence-corrected chi connectivity index (χ3v) is 6.29. The Morgan fingerprint density at radius 1 is 1.32 bits per heavy atom. The monoisotopic (exact) mass is 392 g/mol. The van der Waals surface area contributed by atoms with Crippen LogP contribution in [0.15, 0.2) is 23.8 Å². The summed E-state index contributed by atoms with van der Waals surface area (Å²) in [5.41, 5.74) is 1.42. The van der Waals surface area contributed by atoms with E-state index >= 15 is 0 Å². The van der Waals surface area contributed by atoms with Crippen LogP contribution >= 0.6 is 0 Å². The number of hydrogen-bond acceptors (Lipinski definition) is 4. The minimum Gasteiger partial charge on any atom is -0.392 e. The van der Waals surface area contributed by atoms with Gasteiger partial charge in [-0.25, -0.2) is 0 Å². The van der Waals surface area contributed by atoms with E-state index in [0.29, 0.717) is 18.3 Å². The van der Waals surface area contributed by atoms with Crippen LogP contribution in [0.4, 0.5) is 0 Å². The van der Waals surface area contributed by atoms with Crippen LogP contribution in [0, 0.1) is 17.8 Å². The number of fused-ring (bicyclic) bond motifs is 1. The zero-order chi connectivity index (χ0) is 20.7. The molecule has 0 aliphatic heterocycles. The van der Waals surface area contributed by atoms with Gasteiger partial charge in [-0.05, 0) is 38.1 Å². The normalized spacial score (nSPS) is 28.0. The number of hydrogen-bond donors (Lipinski definition) is 2. The van der Waals surface area contributed by atoms with Crippen molar-refractivity contribution >= 4 is 5.91 Å². The fourth-order valence-electron chi connectivity index (χ4n) is 4.61. The first kappa shape index (κ1) is 23.1. The van der Waals surface area contributed by atoms with E-state index in [1.54, 1.807) is 19.0 Å². The molecule has 2 aliphatic carbocycles. The van der Waals surface area contributed by atoms with Gasteiger partial charge in [-0.1, -0.05) is 50.0 Å². The second kappa shape index (κ2) is 11.1. The third kappa shape index (κ3) is 6.71. The van der Waals surface area contributed by atoms with Crippen molar-refractivity contribution < 1.29 is 15.0 Å². The van der Waals surface area contributed by atoms with Crippen molar-refractivity contribution in [3.05, 3.63) is 23.8 Å². The van der Waals surface area contributed by atoms with Crippen LogP contribution in [0.25, 0.3) is 0 Å². The Morgan fingerprint density at radius 2 is 2.07 bits per heavy atom. The van der Waals surface area contributed by atoms with Gasteiger partial charge in [0.15, 0.2) is 0 Å². The first-order chi connectivity index (χ1) is 13.3. The zero-order valence-electron chi connectivity index (χ0n) is 18.2. The van der Waals surface area contributed by atoms with Gasteiger partial charge in [-0.3, -0.25) is 4.79 Å². The number of nitrogens with zero attached hydrogens (tertiary/aromatic N) is 2. The van der Waals surface area contributed by atoms with E-state index in [9.17, 15) is 15.0 Å². The van der Waals surface area contributed by atoms with Crippen molar-refractivity contribution in [2.75, 3.05) is 34.2 Å². The molecule has 0 saturated heterocycles. The molecule has 5 atom stereocenters. The standard InChI is InChI=1S/C23H40N2O3/c1-5-6-7-8-19(26)9-10-20-21-14-17(13-18(21)15-22(20)27)16-25(4)12-11-23(28)24(2)3/h9-10,13,18-22,26-27H,5-8,11-12,14-16H2,1-4H3/b10-9+/t18-,19-,20+,21-,22+/m0/s1. The lowest BCUT2D eigenvalue weighted by Gasteiger charge is -2.21. The van der Waals surface area contributed by atoms with E-state index in [2.05, 4.69) is 31.0 Å². The van der Waals surface area contributed by atoms with E-state index < -0.39 is 6.10 Å². The Morgan fingerprint density at radius 3 is 2.75 bits per heavy atom. The molecule has 0 bridgehead atoms. The number of carbonyl (C=O) groups excluding carboxylic acids is 1. The molecule has 0 aromatic carbocycles. The summed E-state index contributed by atoms with van der Waals surface area (Å²) in [5.74, 6) is 1.18. The van der Waals surface area contributed by atoms with Gasteiger partial charge in [0.05, 0.1) is 12.2 Å². The number of aliphatic hydroxyl groups excluding tert-OH is 2. The molecule has 1 saturated carbocycles. The number of aliphatic hydroxyl groups is 2. The fraction of sp³-hybridized carbons (Fsp3) is 0.783. The molecule has 2 rings (SSSR count). The van der Waals surface area contributed by atoms with Crippen molar-refractivity contribution in [1.82, 2.24) is 9.80 Å². The van der Waals surface area contributed by atoms with E-state index in [1.165, 1.54) is 5.57 Å². The maximum atomic E-state index is 11.8. The first-order valence-electron chi connectivity index (χ1n) is 10.9. The highest BCUT2D eigenvalue weighted by molar-refractivity contribution is 5.75. The van der Waals surface area contributed by atoms with Gasteiger partial charge in [0.25, 0.3) is 0 Å². The van der Waals surface area contributed by atoms with Crippen molar-refractivity contribution in [3.8, 4) is 0 Å². The van der Waals surface area contributed by atoms with Crippen molar-refractivity contribution in [1.29, 1.82) is 0 Å². The summed E-state index contributed by atoms with van der Waals surface area (Å²) in [5, 5.41) is 20.6. The topological polar surface area (TPSA) is 64.0 Å². The summed E-state index contributed by atoms with van der Waals surface area (Å²) in [6, 6.07) is 0. The summed E-state index contributed by atoms with van der Waals surface area (Å²) in [6.45, 7) is 3.82. The highest BCUT2D eigenvalue weighted by Crippen LogP contribution is 2.47. The van der Waals surface area contributed by atoms with Crippen LogP contribution in [0.5, 0.6) is 0 Å². The molecule has 2 aliphatic rings. The van der Waals surface area contributed by atoms with Gasteiger partial charge in [0.2, 0.25) is 5.91 Å². The van der Waals surface area contributed by atoms with Crippen LogP contribution in [0.1, 0.15) is 51.9 Å². The summed E-state index contributed by atoms with van der Waals surface area (Å²) in [4.78, 5) is 15.6. The van der Waals surface area contributed by atoms with Gasteiger partial charge >= 0.3 is 0 Å². The molecule has 0 heterocycles. The van der Waals surface area contributed by atoms with Gasteiger partial charge < -0.3 is 20.0 Å². The molecule has 2 N–H and O–H groups in total. The summed E-state index contributed by atoms with van der Waals surface area (Å²) in [7, 11) is 5.66. The Kier molecular flexibility index (Phi) is 9.19. The predicted octanol–water partition coefficient (Wildman–Crippen LogP) is 2.84. The smallest absolute Gasteiger partial charge is 0.223 e. The Hall–Kier alpha value is -1.17. The lowest BCUT2D eigenvalue weighted by molar-refractivity contribution is -0.128.